The molecule has 0 aliphatic carbocycles. The van der Waals surface area contributed by atoms with Gasteiger partial charge in [-0.05, 0) is 24.1 Å². The van der Waals surface area contributed by atoms with Crippen LogP contribution in [0.25, 0.3) is 0 Å². The summed E-state index contributed by atoms with van der Waals surface area (Å²) in [7, 11) is 1.20. The van der Waals surface area contributed by atoms with Crippen molar-refractivity contribution in [2.24, 2.45) is 0 Å². The van der Waals surface area contributed by atoms with Crippen molar-refractivity contribution in [2.45, 2.75) is 19.5 Å². The molecule has 0 radical (unpaired) electrons. The molecular formula is C11H11F3O2. The maximum absolute atomic E-state index is 12.5. The van der Waals surface area contributed by atoms with Crippen molar-refractivity contribution in [2.75, 3.05) is 7.11 Å². The molecule has 0 aromatic heterocycles. The maximum Gasteiger partial charge on any atom is 0.416 e. The third-order valence-corrected chi connectivity index (χ3v) is 2.18. The Bertz CT molecular complexity index is 397. The standard InChI is InChI=1S/C11H11F3O2/c1-7-3-4-8(6-10(15)16-2)5-9(7)11(12,13)14/h3-5H,6H2,1-2H3. The lowest BCUT2D eigenvalue weighted by Gasteiger charge is -2.11. The maximum atomic E-state index is 12.5. The minimum Gasteiger partial charge on any atom is -0.469 e. The van der Waals surface area contributed by atoms with Crippen LogP contribution in [0.2, 0.25) is 0 Å². The molecule has 0 aliphatic heterocycles. The Hall–Kier alpha value is -1.52. The first kappa shape index (κ1) is 12.5. The van der Waals surface area contributed by atoms with Crippen LogP contribution < -0.4 is 0 Å². The van der Waals surface area contributed by atoms with E-state index in [1.807, 2.05) is 0 Å². The largest absolute Gasteiger partial charge is 0.469 e. The van der Waals surface area contributed by atoms with Crippen molar-refractivity contribution in [3.05, 3.63) is 34.9 Å². The van der Waals surface area contributed by atoms with Crippen LogP contribution in [-0.4, -0.2) is 13.1 Å². The van der Waals surface area contributed by atoms with Crippen LogP contribution in [-0.2, 0) is 22.1 Å². The molecule has 1 rings (SSSR count). The van der Waals surface area contributed by atoms with Crippen LogP contribution in [0, 0.1) is 6.92 Å². The fourth-order valence-electron chi connectivity index (χ4n) is 1.32. The second-order valence-corrected chi connectivity index (χ2v) is 3.40. The SMILES string of the molecule is COC(=O)Cc1ccc(C)c(C(F)(F)F)c1. The molecule has 0 spiro atoms. The van der Waals surface area contributed by atoms with Gasteiger partial charge in [0.25, 0.3) is 0 Å². The van der Waals surface area contributed by atoms with Gasteiger partial charge in [0, 0.05) is 0 Å². The van der Waals surface area contributed by atoms with Crippen molar-refractivity contribution < 1.29 is 22.7 Å². The molecule has 0 atom stereocenters. The molecule has 0 unspecified atom stereocenters. The van der Waals surface area contributed by atoms with E-state index in [0.717, 1.165) is 6.07 Å². The van der Waals surface area contributed by atoms with Gasteiger partial charge in [-0.1, -0.05) is 12.1 Å². The summed E-state index contributed by atoms with van der Waals surface area (Å²) in [5.41, 5.74) is -0.278. The first-order valence-electron chi connectivity index (χ1n) is 4.58. The van der Waals surface area contributed by atoms with Crippen LogP contribution in [0.15, 0.2) is 18.2 Å². The number of alkyl halides is 3. The topological polar surface area (TPSA) is 26.3 Å². The number of halogens is 3. The van der Waals surface area contributed by atoms with Gasteiger partial charge in [0.15, 0.2) is 0 Å². The summed E-state index contributed by atoms with van der Waals surface area (Å²) in [5.74, 6) is -0.558. The Labute approximate surface area is 91.0 Å². The smallest absolute Gasteiger partial charge is 0.416 e. The molecule has 0 bridgehead atoms. The van der Waals surface area contributed by atoms with Crippen molar-refractivity contribution in [3.63, 3.8) is 0 Å². The van der Waals surface area contributed by atoms with E-state index >= 15 is 0 Å². The van der Waals surface area contributed by atoms with Gasteiger partial charge in [0.05, 0.1) is 19.1 Å². The second kappa shape index (κ2) is 4.55. The van der Waals surface area contributed by atoms with E-state index in [-0.39, 0.29) is 12.0 Å². The molecule has 0 saturated heterocycles. The van der Waals surface area contributed by atoms with Gasteiger partial charge in [0.2, 0.25) is 0 Å². The highest BCUT2D eigenvalue weighted by atomic mass is 19.4. The van der Waals surface area contributed by atoms with E-state index in [1.54, 1.807) is 0 Å². The normalized spacial score (nSPS) is 11.3. The lowest BCUT2D eigenvalue weighted by Crippen LogP contribution is -2.10. The van der Waals surface area contributed by atoms with Gasteiger partial charge in [-0.3, -0.25) is 4.79 Å². The summed E-state index contributed by atoms with van der Waals surface area (Å²) >= 11 is 0. The van der Waals surface area contributed by atoms with Crippen molar-refractivity contribution in [3.8, 4) is 0 Å². The molecule has 16 heavy (non-hydrogen) atoms. The van der Waals surface area contributed by atoms with E-state index < -0.39 is 17.7 Å². The average molecular weight is 232 g/mol. The molecule has 2 nitrogen and oxygen atoms in total. The fourth-order valence-corrected chi connectivity index (χ4v) is 1.32. The fraction of sp³-hybridized carbons (Fsp3) is 0.364. The molecule has 1 aromatic rings. The number of hydrogen-bond donors (Lipinski definition) is 0. The highest BCUT2D eigenvalue weighted by molar-refractivity contribution is 5.72. The minimum absolute atomic E-state index is 0.140. The highest BCUT2D eigenvalue weighted by Gasteiger charge is 2.32. The van der Waals surface area contributed by atoms with Gasteiger partial charge < -0.3 is 4.74 Å². The van der Waals surface area contributed by atoms with Crippen LogP contribution >= 0.6 is 0 Å². The number of carbonyl (C=O) groups is 1. The van der Waals surface area contributed by atoms with Crippen molar-refractivity contribution in [1.82, 2.24) is 0 Å². The Morgan fingerprint density at radius 2 is 2.00 bits per heavy atom. The van der Waals surface area contributed by atoms with Gasteiger partial charge in [0.1, 0.15) is 0 Å². The number of benzene rings is 1. The molecule has 5 heteroatoms. The van der Waals surface area contributed by atoms with E-state index in [9.17, 15) is 18.0 Å². The number of ether oxygens (including phenoxy) is 1. The first-order valence-corrected chi connectivity index (χ1v) is 4.58. The lowest BCUT2D eigenvalue weighted by molar-refractivity contribution is -0.140. The second-order valence-electron chi connectivity index (χ2n) is 3.40. The predicted molar refractivity (Wildman–Crippen MR) is 51.9 cm³/mol. The summed E-state index contributed by atoms with van der Waals surface area (Å²) < 4.78 is 42.0. The predicted octanol–water partition coefficient (Wildman–Crippen LogP) is 2.73. The highest BCUT2D eigenvalue weighted by Crippen LogP contribution is 2.32. The quantitative estimate of drug-likeness (QED) is 0.733. The van der Waals surface area contributed by atoms with Crippen LogP contribution in [0.1, 0.15) is 16.7 Å². The Morgan fingerprint density at radius 3 is 2.50 bits per heavy atom. The number of rotatable bonds is 2. The van der Waals surface area contributed by atoms with Crippen molar-refractivity contribution >= 4 is 5.97 Å². The molecular weight excluding hydrogens is 221 g/mol. The number of aryl methyl sites for hydroxylation is 1. The lowest BCUT2D eigenvalue weighted by atomic mass is 10.0. The third-order valence-electron chi connectivity index (χ3n) is 2.18. The summed E-state index contributed by atoms with van der Waals surface area (Å²) in [6, 6.07) is 3.81. The molecule has 1 aromatic carbocycles. The van der Waals surface area contributed by atoms with Gasteiger partial charge >= 0.3 is 12.1 Å². The van der Waals surface area contributed by atoms with E-state index in [2.05, 4.69) is 4.74 Å². The molecule has 0 aliphatic rings. The summed E-state index contributed by atoms with van der Waals surface area (Å²) in [6.07, 6.45) is -4.55. The van der Waals surface area contributed by atoms with Gasteiger partial charge in [-0.15, -0.1) is 0 Å². The molecule has 0 heterocycles. The van der Waals surface area contributed by atoms with Crippen LogP contribution in [0.3, 0.4) is 0 Å². The summed E-state index contributed by atoms with van der Waals surface area (Å²) in [5, 5.41) is 0. The summed E-state index contributed by atoms with van der Waals surface area (Å²) in [4.78, 5) is 10.9. The Balaban J connectivity index is 3.03. The Morgan fingerprint density at radius 1 is 1.38 bits per heavy atom. The molecule has 88 valence electrons. The van der Waals surface area contributed by atoms with Crippen LogP contribution in [0.4, 0.5) is 13.2 Å². The van der Waals surface area contributed by atoms with Crippen molar-refractivity contribution in [1.29, 1.82) is 0 Å². The van der Waals surface area contributed by atoms with E-state index in [0.29, 0.717) is 5.56 Å². The number of esters is 1. The van der Waals surface area contributed by atoms with E-state index in [4.69, 9.17) is 0 Å². The minimum atomic E-state index is -4.39. The number of carbonyl (C=O) groups excluding carboxylic acids is 1. The zero-order valence-electron chi connectivity index (χ0n) is 8.89. The van der Waals surface area contributed by atoms with E-state index in [1.165, 1.54) is 26.2 Å². The number of hydrogen-bond acceptors (Lipinski definition) is 2. The summed E-state index contributed by atoms with van der Waals surface area (Å²) in [6.45, 7) is 1.38. The third kappa shape index (κ3) is 2.98. The first-order chi connectivity index (χ1) is 7.34. The zero-order chi connectivity index (χ0) is 12.3. The molecule has 0 saturated carbocycles. The average Bonchev–Trinajstić information content (AvgIpc) is 2.19. The molecule has 0 fully saturated rings. The Kier molecular flexibility index (Phi) is 3.57. The van der Waals surface area contributed by atoms with Gasteiger partial charge in [-0.2, -0.15) is 13.2 Å². The monoisotopic (exact) mass is 232 g/mol. The molecule has 0 N–H and O–H groups in total. The zero-order valence-corrected chi connectivity index (χ0v) is 8.89. The number of methoxy groups -OCH3 is 1. The van der Waals surface area contributed by atoms with Gasteiger partial charge in [-0.25, -0.2) is 0 Å². The molecule has 0 amide bonds. The van der Waals surface area contributed by atoms with Crippen LogP contribution in [0.5, 0.6) is 0 Å².